The van der Waals surface area contributed by atoms with Crippen LogP contribution >= 0.6 is 0 Å². The number of rotatable bonds is 5. The van der Waals surface area contributed by atoms with E-state index in [1.807, 2.05) is 0 Å². The maximum absolute atomic E-state index is 10.9. The van der Waals surface area contributed by atoms with Crippen LogP contribution in [0.25, 0.3) is 0 Å². The summed E-state index contributed by atoms with van der Waals surface area (Å²) >= 11 is 0. The average Bonchev–Trinajstić information content (AvgIpc) is 2.40. The second-order valence-corrected chi connectivity index (χ2v) is 4.58. The number of hydrogen-bond acceptors (Lipinski definition) is 3. The molecule has 0 fully saturated rings. The van der Waals surface area contributed by atoms with Gasteiger partial charge in [-0.15, -0.1) is 0 Å². The van der Waals surface area contributed by atoms with Gasteiger partial charge in [-0.2, -0.15) is 0 Å². The third-order valence-corrected chi connectivity index (χ3v) is 3.19. The number of aromatic nitrogens is 1. The van der Waals surface area contributed by atoms with Crippen LogP contribution < -0.4 is 11.1 Å². The van der Waals surface area contributed by atoms with E-state index in [0.29, 0.717) is 5.56 Å². The predicted molar refractivity (Wildman–Crippen MR) is 72.4 cm³/mol. The standard InChI is InChI=1S/C14H19N3O/c15-14(18)12-6-7-13(17-10-12)16-9-8-11-4-2-1-3-5-11/h4,6-7,10H,1-3,5,8-9H2,(H2,15,18)(H,16,17). The quantitative estimate of drug-likeness (QED) is 0.783. The summed E-state index contributed by atoms with van der Waals surface area (Å²) in [6.07, 6.45) is 10.0. The van der Waals surface area contributed by atoms with Crippen molar-refractivity contribution in [2.45, 2.75) is 32.1 Å². The molecule has 0 aromatic carbocycles. The Balaban J connectivity index is 1.79. The molecule has 0 radical (unpaired) electrons. The number of amides is 1. The van der Waals surface area contributed by atoms with Gasteiger partial charge in [0.2, 0.25) is 5.91 Å². The summed E-state index contributed by atoms with van der Waals surface area (Å²) in [6, 6.07) is 3.48. The molecule has 0 spiro atoms. The molecule has 4 nitrogen and oxygen atoms in total. The molecular formula is C14H19N3O. The summed E-state index contributed by atoms with van der Waals surface area (Å²) in [5.74, 6) is 0.345. The Morgan fingerprint density at radius 3 is 2.89 bits per heavy atom. The highest BCUT2D eigenvalue weighted by molar-refractivity contribution is 5.92. The number of nitrogens with two attached hydrogens (primary N) is 1. The van der Waals surface area contributed by atoms with E-state index in [2.05, 4.69) is 16.4 Å². The number of anilines is 1. The van der Waals surface area contributed by atoms with Gasteiger partial charge in [-0.25, -0.2) is 4.98 Å². The molecule has 3 N–H and O–H groups in total. The maximum Gasteiger partial charge on any atom is 0.250 e. The van der Waals surface area contributed by atoms with Gasteiger partial charge < -0.3 is 11.1 Å². The zero-order chi connectivity index (χ0) is 12.8. The molecule has 96 valence electrons. The van der Waals surface area contributed by atoms with Crippen molar-refractivity contribution in [3.05, 3.63) is 35.5 Å². The molecular weight excluding hydrogens is 226 g/mol. The summed E-state index contributed by atoms with van der Waals surface area (Å²) in [5, 5.41) is 3.25. The summed E-state index contributed by atoms with van der Waals surface area (Å²) < 4.78 is 0. The Morgan fingerprint density at radius 1 is 1.39 bits per heavy atom. The first-order chi connectivity index (χ1) is 8.75. The second-order valence-electron chi connectivity index (χ2n) is 4.58. The topological polar surface area (TPSA) is 68.0 Å². The van der Waals surface area contributed by atoms with Crippen LogP contribution in [0.15, 0.2) is 30.0 Å². The van der Waals surface area contributed by atoms with E-state index >= 15 is 0 Å². The molecule has 0 saturated heterocycles. The lowest BCUT2D eigenvalue weighted by Gasteiger charge is -2.13. The van der Waals surface area contributed by atoms with E-state index in [0.717, 1.165) is 18.8 Å². The summed E-state index contributed by atoms with van der Waals surface area (Å²) in [6.45, 7) is 0.884. The fourth-order valence-corrected chi connectivity index (χ4v) is 2.13. The van der Waals surface area contributed by atoms with Crippen LogP contribution in [0, 0.1) is 0 Å². The molecule has 1 amide bonds. The van der Waals surface area contributed by atoms with Gasteiger partial charge in [0.1, 0.15) is 5.82 Å². The third-order valence-electron chi connectivity index (χ3n) is 3.19. The summed E-state index contributed by atoms with van der Waals surface area (Å²) in [7, 11) is 0. The molecule has 1 aliphatic rings. The van der Waals surface area contributed by atoms with Gasteiger partial charge in [-0.1, -0.05) is 11.6 Å². The van der Waals surface area contributed by atoms with Gasteiger partial charge in [-0.05, 0) is 44.2 Å². The van der Waals surface area contributed by atoms with Crippen LogP contribution in [0.5, 0.6) is 0 Å². The van der Waals surface area contributed by atoms with Gasteiger partial charge >= 0.3 is 0 Å². The molecule has 1 aliphatic carbocycles. The SMILES string of the molecule is NC(=O)c1ccc(NCCC2=CCCCC2)nc1. The third kappa shape index (κ3) is 3.58. The van der Waals surface area contributed by atoms with Gasteiger partial charge in [-0.3, -0.25) is 4.79 Å². The molecule has 0 aliphatic heterocycles. The minimum Gasteiger partial charge on any atom is -0.370 e. The van der Waals surface area contributed by atoms with Crippen LogP contribution in [0.3, 0.4) is 0 Å². The predicted octanol–water partition coefficient (Wildman–Crippen LogP) is 2.48. The van der Waals surface area contributed by atoms with E-state index in [-0.39, 0.29) is 0 Å². The molecule has 1 aromatic heterocycles. The lowest BCUT2D eigenvalue weighted by molar-refractivity contribution is 0.1000. The Bertz CT molecular complexity index is 437. The van der Waals surface area contributed by atoms with Gasteiger partial charge in [0.15, 0.2) is 0 Å². The number of primary amides is 1. The largest absolute Gasteiger partial charge is 0.370 e. The summed E-state index contributed by atoms with van der Waals surface area (Å²) in [5.41, 5.74) is 7.14. The van der Waals surface area contributed by atoms with Crippen molar-refractivity contribution in [3.63, 3.8) is 0 Å². The van der Waals surface area contributed by atoms with Gasteiger partial charge in [0, 0.05) is 12.7 Å². The van der Waals surface area contributed by atoms with Crippen molar-refractivity contribution in [1.29, 1.82) is 0 Å². The van der Waals surface area contributed by atoms with E-state index < -0.39 is 5.91 Å². The molecule has 0 bridgehead atoms. The first-order valence-electron chi connectivity index (χ1n) is 6.43. The Hall–Kier alpha value is -1.84. The van der Waals surface area contributed by atoms with E-state index in [9.17, 15) is 4.79 Å². The number of allylic oxidation sites excluding steroid dienone is 1. The van der Waals surface area contributed by atoms with Crippen molar-refractivity contribution < 1.29 is 4.79 Å². The highest BCUT2D eigenvalue weighted by Gasteiger charge is 2.04. The first-order valence-corrected chi connectivity index (χ1v) is 6.43. The number of carbonyl (C=O) groups is 1. The zero-order valence-electron chi connectivity index (χ0n) is 10.5. The van der Waals surface area contributed by atoms with Crippen molar-refractivity contribution in [1.82, 2.24) is 4.98 Å². The van der Waals surface area contributed by atoms with Crippen LogP contribution in [0.4, 0.5) is 5.82 Å². The normalized spacial score (nSPS) is 15.0. The Kier molecular flexibility index (Phi) is 4.34. The highest BCUT2D eigenvalue weighted by atomic mass is 16.1. The number of nitrogens with one attached hydrogen (secondary N) is 1. The Labute approximate surface area is 107 Å². The highest BCUT2D eigenvalue weighted by Crippen LogP contribution is 2.19. The monoisotopic (exact) mass is 245 g/mol. The molecule has 18 heavy (non-hydrogen) atoms. The second kappa shape index (κ2) is 6.19. The average molecular weight is 245 g/mol. The van der Waals surface area contributed by atoms with Crippen molar-refractivity contribution in [2.24, 2.45) is 5.73 Å². The lowest BCUT2D eigenvalue weighted by Crippen LogP contribution is -2.12. The molecule has 0 unspecified atom stereocenters. The molecule has 1 aromatic rings. The number of pyridine rings is 1. The number of hydrogen-bond donors (Lipinski definition) is 2. The number of carbonyl (C=O) groups excluding carboxylic acids is 1. The van der Waals surface area contributed by atoms with Crippen molar-refractivity contribution in [2.75, 3.05) is 11.9 Å². The smallest absolute Gasteiger partial charge is 0.250 e. The first kappa shape index (κ1) is 12.6. The Morgan fingerprint density at radius 2 is 2.28 bits per heavy atom. The summed E-state index contributed by atoms with van der Waals surface area (Å²) in [4.78, 5) is 15.0. The molecule has 2 rings (SSSR count). The fourth-order valence-electron chi connectivity index (χ4n) is 2.13. The van der Waals surface area contributed by atoms with Crippen LogP contribution in [0.1, 0.15) is 42.5 Å². The van der Waals surface area contributed by atoms with Crippen LogP contribution in [0.2, 0.25) is 0 Å². The van der Waals surface area contributed by atoms with Gasteiger partial charge in [0.25, 0.3) is 0 Å². The van der Waals surface area contributed by atoms with E-state index in [4.69, 9.17) is 5.73 Å². The lowest BCUT2D eigenvalue weighted by atomic mass is 9.97. The molecule has 1 heterocycles. The fraction of sp³-hybridized carbons (Fsp3) is 0.429. The van der Waals surface area contributed by atoms with E-state index in [1.54, 1.807) is 17.7 Å². The number of nitrogens with zero attached hydrogens (tertiary/aromatic N) is 1. The molecule has 4 heteroatoms. The zero-order valence-corrected chi connectivity index (χ0v) is 10.5. The van der Waals surface area contributed by atoms with Crippen molar-refractivity contribution in [3.8, 4) is 0 Å². The van der Waals surface area contributed by atoms with Crippen LogP contribution in [-0.4, -0.2) is 17.4 Å². The van der Waals surface area contributed by atoms with Gasteiger partial charge in [0.05, 0.1) is 5.56 Å². The van der Waals surface area contributed by atoms with E-state index in [1.165, 1.54) is 31.9 Å². The van der Waals surface area contributed by atoms with Crippen LogP contribution in [-0.2, 0) is 0 Å². The van der Waals surface area contributed by atoms with Crippen molar-refractivity contribution >= 4 is 11.7 Å². The maximum atomic E-state index is 10.9. The molecule has 0 saturated carbocycles. The molecule has 0 atom stereocenters. The minimum absolute atomic E-state index is 0.440. The minimum atomic E-state index is -0.443.